The second-order valence-corrected chi connectivity index (χ2v) is 8.78. The third-order valence-electron chi connectivity index (χ3n) is 6.52. The van der Waals surface area contributed by atoms with Gasteiger partial charge >= 0.3 is 0 Å². The molecule has 0 aliphatic carbocycles. The molecule has 32 heavy (non-hydrogen) atoms. The fourth-order valence-electron chi connectivity index (χ4n) is 4.74. The first-order chi connectivity index (χ1) is 15.5. The molecule has 0 aromatic heterocycles. The average Bonchev–Trinajstić information content (AvgIpc) is 3.31. The molecule has 2 aliphatic heterocycles. The number of nitrogens with one attached hydrogen (secondary N) is 1. The molecule has 178 valence electrons. The standard InChI is InChI=1S/C24H38N4O4/c1-18-6-3-4-7-19(18)15-27(16-21-8-5-13-32-21)20-9-12-28(23(29)17-31-2)22(14-20)24(30)26-11-10-25/h3-4,6-7,20-22H,5,8-17,25H2,1-2H3,(H,26,30)/t20?,21?,22-/m1/s1. The van der Waals surface area contributed by atoms with Gasteiger partial charge in [0.25, 0.3) is 0 Å². The Balaban J connectivity index is 1.78. The lowest BCUT2D eigenvalue weighted by Gasteiger charge is -2.43. The highest BCUT2D eigenvalue weighted by molar-refractivity contribution is 5.88. The molecule has 0 saturated carbocycles. The molecule has 3 rings (SSSR count). The summed E-state index contributed by atoms with van der Waals surface area (Å²) in [7, 11) is 1.50. The summed E-state index contributed by atoms with van der Waals surface area (Å²) in [5.41, 5.74) is 8.12. The van der Waals surface area contributed by atoms with E-state index in [0.717, 1.165) is 39.0 Å². The Hall–Kier alpha value is -2.00. The van der Waals surface area contributed by atoms with Crippen molar-refractivity contribution in [3.05, 3.63) is 35.4 Å². The summed E-state index contributed by atoms with van der Waals surface area (Å²) in [5, 5.41) is 2.88. The number of carbonyl (C=O) groups excluding carboxylic acids is 2. The van der Waals surface area contributed by atoms with Crippen LogP contribution in [-0.2, 0) is 25.6 Å². The maximum atomic E-state index is 13.0. The van der Waals surface area contributed by atoms with Gasteiger partial charge in [0.1, 0.15) is 12.6 Å². The summed E-state index contributed by atoms with van der Waals surface area (Å²) in [6.45, 7) is 5.87. The molecule has 0 bridgehead atoms. The number of aryl methyl sites for hydroxylation is 1. The number of nitrogens with zero attached hydrogens (tertiary/aromatic N) is 2. The third-order valence-corrected chi connectivity index (χ3v) is 6.52. The van der Waals surface area contributed by atoms with Crippen LogP contribution in [0.3, 0.4) is 0 Å². The van der Waals surface area contributed by atoms with Crippen LogP contribution in [0.25, 0.3) is 0 Å². The first-order valence-electron chi connectivity index (χ1n) is 11.7. The zero-order chi connectivity index (χ0) is 22.9. The van der Waals surface area contributed by atoms with Crippen molar-refractivity contribution in [1.82, 2.24) is 15.1 Å². The molecule has 2 unspecified atom stereocenters. The van der Waals surface area contributed by atoms with E-state index in [0.29, 0.717) is 26.1 Å². The first-order valence-corrected chi connectivity index (χ1v) is 11.7. The van der Waals surface area contributed by atoms with E-state index in [2.05, 4.69) is 41.4 Å². The second-order valence-electron chi connectivity index (χ2n) is 8.78. The van der Waals surface area contributed by atoms with E-state index < -0.39 is 6.04 Å². The zero-order valence-corrected chi connectivity index (χ0v) is 19.4. The van der Waals surface area contributed by atoms with E-state index in [9.17, 15) is 9.59 Å². The number of carbonyl (C=O) groups is 2. The van der Waals surface area contributed by atoms with Crippen LogP contribution in [0.1, 0.15) is 36.8 Å². The topological polar surface area (TPSA) is 97.1 Å². The SMILES string of the molecule is COCC(=O)N1CCC(N(Cc2ccccc2C)CC2CCCO2)C[C@@H]1C(=O)NCCN. The van der Waals surface area contributed by atoms with Crippen LogP contribution >= 0.6 is 0 Å². The van der Waals surface area contributed by atoms with Crippen LogP contribution in [-0.4, -0.2) is 86.3 Å². The fourth-order valence-corrected chi connectivity index (χ4v) is 4.74. The molecule has 2 amide bonds. The van der Waals surface area contributed by atoms with Gasteiger partial charge in [0.05, 0.1) is 6.10 Å². The number of ether oxygens (including phenoxy) is 2. The summed E-state index contributed by atoms with van der Waals surface area (Å²) >= 11 is 0. The highest BCUT2D eigenvalue weighted by Gasteiger charge is 2.38. The van der Waals surface area contributed by atoms with E-state index in [1.54, 1.807) is 4.90 Å². The molecule has 1 aromatic carbocycles. The summed E-state index contributed by atoms with van der Waals surface area (Å²) in [4.78, 5) is 29.7. The largest absolute Gasteiger partial charge is 0.377 e. The van der Waals surface area contributed by atoms with E-state index in [1.165, 1.54) is 18.2 Å². The average molecular weight is 447 g/mol. The lowest BCUT2D eigenvalue weighted by molar-refractivity contribution is -0.146. The second kappa shape index (κ2) is 12.3. The number of benzene rings is 1. The molecular formula is C24H38N4O4. The van der Waals surface area contributed by atoms with Gasteiger partial charge in [0.15, 0.2) is 0 Å². The lowest BCUT2D eigenvalue weighted by atomic mass is 9.93. The Labute approximate surface area is 191 Å². The smallest absolute Gasteiger partial charge is 0.249 e. The highest BCUT2D eigenvalue weighted by Crippen LogP contribution is 2.27. The number of amides is 2. The predicted octanol–water partition coefficient (Wildman–Crippen LogP) is 1.06. The minimum Gasteiger partial charge on any atom is -0.377 e. The maximum Gasteiger partial charge on any atom is 0.249 e. The van der Waals surface area contributed by atoms with Gasteiger partial charge in [-0.25, -0.2) is 0 Å². The van der Waals surface area contributed by atoms with Gasteiger partial charge in [-0.2, -0.15) is 0 Å². The Bertz CT molecular complexity index is 753. The molecule has 2 fully saturated rings. The summed E-state index contributed by atoms with van der Waals surface area (Å²) in [6, 6.07) is 8.09. The number of rotatable bonds is 10. The summed E-state index contributed by atoms with van der Waals surface area (Å²) < 4.78 is 11.0. The van der Waals surface area contributed by atoms with Crippen molar-refractivity contribution >= 4 is 11.8 Å². The molecule has 2 saturated heterocycles. The van der Waals surface area contributed by atoms with Crippen LogP contribution in [0.15, 0.2) is 24.3 Å². The van der Waals surface area contributed by atoms with Gasteiger partial charge in [-0.1, -0.05) is 24.3 Å². The zero-order valence-electron chi connectivity index (χ0n) is 19.4. The molecule has 3 atom stereocenters. The van der Waals surface area contributed by atoms with E-state index in [4.69, 9.17) is 15.2 Å². The van der Waals surface area contributed by atoms with Crippen LogP contribution in [0.4, 0.5) is 0 Å². The van der Waals surface area contributed by atoms with Crippen molar-refractivity contribution < 1.29 is 19.1 Å². The number of nitrogens with two attached hydrogens (primary N) is 1. The molecule has 3 N–H and O–H groups in total. The number of piperidine rings is 1. The van der Waals surface area contributed by atoms with Crippen LogP contribution < -0.4 is 11.1 Å². The van der Waals surface area contributed by atoms with Crippen molar-refractivity contribution in [2.75, 3.05) is 46.5 Å². The van der Waals surface area contributed by atoms with E-state index in [1.807, 2.05) is 0 Å². The van der Waals surface area contributed by atoms with Gasteiger partial charge in [-0.15, -0.1) is 0 Å². The fraction of sp³-hybridized carbons (Fsp3) is 0.667. The van der Waals surface area contributed by atoms with Crippen LogP contribution in [0.5, 0.6) is 0 Å². The normalized spacial score (nSPS) is 23.5. The van der Waals surface area contributed by atoms with E-state index in [-0.39, 0.29) is 30.6 Å². The minimum absolute atomic E-state index is 0.0197. The predicted molar refractivity (Wildman–Crippen MR) is 123 cm³/mol. The highest BCUT2D eigenvalue weighted by atomic mass is 16.5. The van der Waals surface area contributed by atoms with Crippen molar-refractivity contribution in [2.24, 2.45) is 5.73 Å². The molecule has 8 nitrogen and oxygen atoms in total. The lowest BCUT2D eigenvalue weighted by Crippen LogP contribution is -2.58. The van der Waals surface area contributed by atoms with Crippen molar-refractivity contribution in [3.63, 3.8) is 0 Å². The minimum atomic E-state index is -0.521. The van der Waals surface area contributed by atoms with Crippen molar-refractivity contribution in [1.29, 1.82) is 0 Å². The number of methoxy groups -OCH3 is 1. The molecular weight excluding hydrogens is 408 g/mol. The molecule has 2 aliphatic rings. The van der Waals surface area contributed by atoms with Gasteiger partial charge in [0.2, 0.25) is 11.8 Å². The molecule has 2 heterocycles. The Morgan fingerprint density at radius 2 is 2.12 bits per heavy atom. The van der Waals surface area contributed by atoms with Crippen molar-refractivity contribution in [3.8, 4) is 0 Å². The molecule has 0 spiro atoms. The van der Waals surface area contributed by atoms with Gasteiger partial charge < -0.3 is 25.4 Å². The molecule has 1 aromatic rings. The number of hydrogen-bond acceptors (Lipinski definition) is 6. The Morgan fingerprint density at radius 3 is 2.81 bits per heavy atom. The third kappa shape index (κ3) is 6.51. The van der Waals surface area contributed by atoms with Crippen LogP contribution in [0, 0.1) is 6.92 Å². The summed E-state index contributed by atoms with van der Waals surface area (Å²) in [6.07, 6.45) is 3.78. The van der Waals surface area contributed by atoms with Gasteiger partial charge in [0, 0.05) is 52.5 Å². The monoisotopic (exact) mass is 446 g/mol. The summed E-state index contributed by atoms with van der Waals surface area (Å²) in [5.74, 6) is -0.291. The van der Waals surface area contributed by atoms with Crippen molar-refractivity contribution in [2.45, 2.75) is 57.3 Å². The quantitative estimate of drug-likeness (QED) is 0.558. The molecule has 8 heteroatoms. The first kappa shape index (κ1) is 24.6. The van der Waals surface area contributed by atoms with E-state index >= 15 is 0 Å². The Morgan fingerprint density at radius 1 is 1.31 bits per heavy atom. The number of hydrogen-bond donors (Lipinski definition) is 2. The van der Waals surface area contributed by atoms with Gasteiger partial charge in [-0.3, -0.25) is 14.5 Å². The molecule has 0 radical (unpaired) electrons. The van der Waals surface area contributed by atoms with Crippen LogP contribution in [0.2, 0.25) is 0 Å². The Kier molecular flexibility index (Phi) is 9.47. The number of likely N-dealkylation sites (tertiary alicyclic amines) is 1. The van der Waals surface area contributed by atoms with Gasteiger partial charge in [-0.05, 0) is 43.7 Å². The maximum absolute atomic E-state index is 13.0.